The van der Waals surface area contributed by atoms with Crippen LogP contribution in [-0.2, 0) is 16.4 Å². The second kappa shape index (κ2) is 7.67. The Labute approximate surface area is 149 Å². The molecule has 134 valence electrons. The molecule has 1 fully saturated rings. The van der Waals surface area contributed by atoms with E-state index in [-0.39, 0.29) is 4.90 Å². The highest BCUT2D eigenvalue weighted by Crippen LogP contribution is 2.28. The summed E-state index contributed by atoms with van der Waals surface area (Å²) in [7, 11) is -3.61. The standard InChI is InChI=1S/C20H24FNO2S/c1-16-7-10-19(21)15-20(16)25(23,24)22-13-11-18(12-14-22)9-8-17-5-3-2-4-6-17/h2-7,10,15,18H,8-9,11-14H2,1H3. The number of piperidine rings is 1. The van der Waals surface area contributed by atoms with Crippen LogP contribution in [0.5, 0.6) is 0 Å². The molecule has 5 heteroatoms. The molecule has 2 aromatic carbocycles. The second-order valence-corrected chi connectivity index (χ2v) is 8.69. The quantitative estimate of drug-likeness (QED) is 0.802. The molecule has 2 aromatic rings. The highest BCUT2D eigenvalue weighted by atomic mass is 32.2. The third-order valence-electron chi connectivity index (χ3n) is 5.03. The Morgan fingerprint density at radius 1 is 1.08 bits per heavy atom. The number of nitrogens with zero attached hydrogens (tertiary/aromatic N) is 1. The molecule has 1 saturated heterocycles. The maximum absolute atomic E-state index is 13.5. The van der Waals surface area contributed by atoms with Gasteiger partial charge in [0, 0.05) is 13.1 Å². The Hall–Kier alpha value is -1.72. The Bertz CT molecular complexity index is 813. The number of rotatable bonds is 5. The van der Waals surface area contributed by atoms with E-state index in [1.807, 2.05) is 18.2 Å². The van der Waals surface area contributed by atoms with Gasteiger partial charge >= 0.3 is 0 Å². The van der Waals surface area contributed by atoms with E-state index in [2.05, 4.69) is 12.1 Å². The van der Waals surface area contributed by atoms with Crippen molar-refractivity contribution in [2.75, 3.05) is 13.1 Å². The molecule has 0 saturated carbocycles. The second-order valence-electron chi connectivity index (χ2n) is 6.78. The Morgan fingerprint density at radius 3 is 2.44 bits per heavy atom. The number of sulfonamides is 1. The predicted molar refractivity (Wildman–Crippen MR) is 97.4 cm³/mol. The van der Waals surface area contributed by atoms with Crippen LogP contribution in [0.1, 0.15) is 30.4 Å². The molecule has 1 aliphatic rings. The molecule has 25 heavy (non-hydrogen) atoms. The molecule has 0 aliphatic carbocycles. The van der Waals surface area contributed by atoms with Crippen LogP contribution in [-0.4, -0.2) is 25.8 Å². The lowest BCUT2D eigenvalue weighted by molar-refractivity contribution is 0.263. The smallest absolute Gasteiger partial charge is 0.207 e. The molecule has 0 amide bonds. The van der Waals surface area contributed by atoms with Gasteiger partial charge in [0.05, 0.1) is 4.90 Å². The van der Waals surface area contributed by atoms with Gasteiger partial charge in [0.15, 0.2) is 0 Å². The summed E-state index contributed by atoms with van der Waals surface area (Å²) in [6.45, 7) is 2.73. The Balaban J connectivity index is 1.60. The van der Waals surface area contributed by atoms with E-state index in [0.717, 1.165) is 31.7 Å². The molecule has 0 aromatic heterocycles. The number of halogens is 1. The van der Waals surface area contributed by atoms with Crippen molar-refractivity contribution in [1.82, 2.24) is 4.31 Å². The lowest BCUT2D eigenvalue weighted by atomic mass is 9.91. The molecule has 0 N–H and O–H groups in total. The highest BCUT2D eigenvalue weighted by molar-refractivity contribution is 7.89. The van der Waals surface area contributed by atoms with E-state index in [9.17, 15) is 12.8 Å². The summed E-state index contributed by atoms with van der Waals surface area (Å²) >= 11 is 0. The number of aryl methyl sites for hydroxylation is 2. The van der Waals surface area contributed by atoms with Crippen molar-refractivity contribution in [3.8, 4) is 0 Å². The van der Waals surface area contributed by atoms with Crippen LogP contribution in [0.25, 0.3) is 0 Å². The molecule has 1 heterocycles. The monoisotopic (exact) mass is 361 g/mol. The molecule has 0 spiro atoms. The molecular formula is C20H24FNO2S. The van der Waals surface area contributed by atoms with Gasteiger partial charge in [0.25, 0.3) is 0 Å². The SMILES string of the molecule is Cc1ccc(F)cc1S(=O)(=O)N1CCC(CCc2ccccc2)CC1. The number of hydrogen-bond donors (Lipinski definition) is 0. The lowest BCUT2D eigenvalue weighted by Crippen LogP contribution is -2.38. The van der Waals surface area contributed by atoms with Crippen LogP contribution >= 0.6 is 0 Å². The summed E-state index contributed by atoms with van der Waals surface area (Å²) in [5.74, 6) is 0.0298. The number of benzene rings is 2. The van der Waals surface area contributed by atoms with Gasteiger partial charge < -0.3 is 0 Å². The number of hydrogen-bond acceptors (Lipinski definition) is 2. The first-order chi connectivity index (χ1) is 12.0. The molecule has 0 unspecified atom stereocenters. The maximum atomic E-state index is 13.5. The fourth-order valence-electron chi connectivity index (χ4n) is 3.44. The topological polar surface area (TPSA) is 37.4 Å². The first kappa shape index (κ1) is 18.1. The van der Waals surface area contributed by atoms with Crippen LogP contribution in [0.4, 0.5) is 4.39 Å². The van der Waals surface area contributed by atoms with E-state index >= 15 is 0 Å². The van der Waals surface area contributed by atoms with Crippen molar-refractivity contribution in [2.45, 2.75) is 37.5 Å². The molecular weight excluding hydrogens is 337 g/mol. The van der Waals surface area contributed by atoms with Gasteiger partial charge in [0.1, 0.15) is 5.82 Å². The summed E-state index contributed by atoms with van der Waals surface area (Å²) in [4.78, 5) is 0.0928. The van der Waals surface area contributed by atoms with Gasteiger partial charge in [-0.1, -0.05) is 36.4 Å². The van der Waals surface area contributed by atoms with Crippen LogP contribution in [0.15, 0.2) is 53.4 Å². The average molecular weight is 361 g/mol. The highest BCUT2D eigenvalue weighted by Gasteiger charge is 2.30. The van der Waals surface area contributed by atoms with E-state index in [1.165, 1.54) is 22.0 Å². The van der Waals surface area contributed by atoms with Crippen molar-refractivity contribution < 1.29 is 12.8 Å². The van der Waals surface area contributed by atoms with Crippen LogP contribution in [0.3, 0.4) is 0 Å². The fraction of sp³-hybridized carbons (Fsp3) is 0.400. The van der Waals surface area contributed by atoms with Crippen molar-refractivity contribution in [2.24, 2.45) is 5.92 Å². The van der Waals surface area contributed by atoms with Gasteiger partial charge in [-0.2, -0.15) is 4.31 Å². The third kappa shape index (κ3) is 4.28. The molecule has 3 nitrogen and oxygen atoms in total. The van der Waals surface area contributed by atoms with Gasteiger partial charge in [-0.25, -0.2) is 12.8 Å². The summed E-state index contributed by atoms with van der Waals surface area (Å²) < 4.78 is 40.6. The van der Waals surface area contributed by atoms with Crippen molar-refractivity contribution >= 4 is 10.0 Å². The predicted octanol–water partition coefficient (Wildman–Crippen LogP) is 4.17. The molecule has 0 bridgehead atoms. The van der Waals surface area contributed by atoms with Crippen molar-refractivity contribution in [1.29, 1.82) is 0 Å². The lowest BCUT2D eigenvalue weighted by Gasteiger charge is -2.31. The fourth-order valence-corrected chi connectivity index (χ4v) is 5.15. The third-order valence-corrected chi connectivity index (χ3v) is 7.07. The minimum absolute atomic E-state index is 0.0928. The van der Waals surface area contributed by atoms with Crippen molar-refractivity contribution in [3.63, 3.8) is 0 Å². The largest absolute Gasteiger partial charge is 0.243 e. The van der Waals surface area contributed by atoms with Gasteiger partial charge in [-0.15, -0.1) is 0 Å². The maximum Gasteiger partial charge on any atom is 0.243 e. The first-order valence-electron chi connectivity index (χ1n) is 8.77. The zero-order chi connectivity index (χ0) is 17.9. The van der Waals surface area contributed by atoms with Gasteiger partial charge in [-0.05, 0) is 61.8 Å². The normalized spacial score (nSPS) is 16.9. The Kier molecular flexibility index (Phi) is 5.54. The van der Waals surface area contributed by atoms with E-state index in [0.29, 0.717) is 24.6 Å². The summed E-state index contributed by atoms with van der Waals surface area (Å²) in [5.41, 5.74) is 1.92. The minimum Gasteiger partial charge on any atom is -0.207 e. The van der Waals surface area contributed by atoms with E-state index in [1.54, 1.807) is 6.92 Å². The van der Waals surface area contributed by atoms with Crippen LogP contribution in [0, 0.1) is 18.7 Å². The van der Waals surface area contributed by atoms with E-state index in [4.69, 9.17) is 0 Å². The average Bonchev–Trinajstić information content (AvgIpc) is 2.63. The molecule has 0 atom stereocenters. The van der Waals surface area contributed by atoms with E-state index < -0.39 is 15.8 Å². The molecule has 3 rings (SSSR count). The van der Waals surface area contributed by atoms with Gasteiger partial charge in [-0.3, -0.25) is 0 Å². The van der Waals surface area contributed by atoms with Crippen LogP contribution < -0.4 is 0 Å². The summed E-state index contributed by atoms with van der Waals surface area (Å²) in [5, 5.41) is 0. The van der Waals surface area contributed by atoms with Gasteiger partial charge in [0.2, 0.25) is 10.0 Å². The minimum atomic E-state index is -3.61. The summed E-state index contributed by atoms with van der Waals surface area (Å²) in [6.07, 6.45) is 3.83. The van der Waals surface area contributed by atoms with Crippen molar-refractivity contribution in [3.05, 3.63) is 65.5 Å². The summed E-state index contributed by atoms with van der Waals surface area (Å²) in [6, 6.07) is 14.3. The molecule has 0 radical (unpaired) electrons. The first-order valence-corrected chi connectivity index (χ1v) is 10.2. The molecule has 1 aliphatic heterocycles. The zero-order valence-electron chi connectivity index (χ0n) is 14.5. The Morgan fingerprint density at radius 2 is 1.76 bits per heavy atom. The van der Waals surface area contributed by atoms with Crippen LogP contribution in [0.2, 0.25) is 0 Å². The zero-order valence-corrected chi connectivity index (χ0v) is 15.3.